The maximum absolute atomic E-state index is 5.89. The van der Waals surface area contributed by atoms with Crippen molar-refractivity contribution in [2.75, 3.05) is 0 Å². The lowest BCUT2D eigenvalue weighted by atomic mass is 10.3. The van der Waals surface area contributed by atoms with E-state index in [0.29, 0.717) is 5.02 Å². The second-order valence-electron chi connectivity index (χ2n) is 3.09. The van der Waals surface area contributed by atoms with E-state index in [1.54, 1.807) is 0 Å². The predicted molar refractivity (Wildman–Crippen MR) is 60.7 cm³/mol. The van der Waals surface area contributed by atoms with E-state index in [1.807, 2.05) is 41.9 Å². The van der Waals surface area contributed by atoms with Crippen molar-refractivity contribution in [3.63, 3.8) is 0 Å². The van der Waals surface area contributed by atoms with E-state index in [0.717, 1.165) is 16.0 Å². The van der Waals surface area contributed by atoms with Gasteiger partial charge in [0.15, 0.2) is 0 Å². The van der Waals surface area contributed by atoms with Crippen LogP contribution in [0.15, 0.2) is 30.3 Å². The van der Waals surface area contributed by atoms with Gasteiger partial charge in [-0.1, -0.05) is 29.9 Å². The molecule has 1 heterocycles. The molecule has 0 radical (unpaired) electrons. The number of aromatic amines is 1. The molecular formula is C10H9ClN2S. The van der Waals surface area contributed by atoms with E-state index in [-0.39, 0.29) is 0 Å². The normalized spacial score (nSPS) is 10.4. The molecule has 0 fully saturated rings. The van der Waals surface area contributed by atoms with Gasteiger partial charge in [0, 0.05) is 10.7 Å². The highest BCUT2D eigenvalue weighted by atomic mass is 35.5. The molecule has 1 aromatic heterocycles. The number of halogens is 1. The van der Waals surface area contributed by atoms with E-state index in [2.05, 4.69) is 5.10 Å². The van der Waals surface area contributed by atoms with Gasteiger partial charge in [-0.05, 0) is 31.2 Å². The number of hydrogen-bond donors (Lipinski definition) is 1. The lowest BCUT2D eigenvalue weighted by Gasteiger charge is -2.02. The minimum absolute atomic E-state index is 0.705. The van der Waals surface area contributed by atoms with Crippen LogP contribution in [0.1, 0.15) is 5.69 Å². The third kappa shape index (κ3) is 1.74. The summed E-state index contributed by atoms with van der Waals surface area (Å²) in [5.41, 5.74) is 1.99. The average Bonchev–Trinajstić information content (AvgIpc) is 2.45. The summed E-state index contributed by atoms with van der Waals surface area (Å²) in [6.07, 6.45) is 0. The molecule has 72 valence electrons. The molecule has 0 atom stereocenters. The molecule has 2 aromatic rings. The highest BCUT2D eigenvalue weighted by Crippen LogP contribution is 2.15. The summed E-state index contributed by atoms with van der Waals surface area (Å²) in [6.45, 7) is 1.97. The standard InChI is InChI=1S/C10H9ClN2S/c1-7-5-10(14)13(12-7)9-4-2-3-8(11)6-9/h2-6,12H,1H3. The Morgan fingerprint density at radius 3 is 2.71 bits per heavy atom. The van der Waals surface area contributed by atoms with Crippen molar-refractivity contribution in [1.29, 1.82) is 0 Å². The third-order valence-electron chi connectivity index (χ3n) is 1.91. The molecule has 0 saturated heterocycles. The second kappa shape index (κ2) is 3.59. The van der Waals surface area contributed by atoms with Crippen LogP contribution in [0.3, 0.4) is 0 Å². The summed E-state index contributed by atoms with van der Waals surface area (Å²) in [5, 5.41) is 3.85. The highest BCUT2D eigenvalue weighted by molar-refractivity contribution is 7.71. The van der Waals surface area contributed by atoms with Gasteiger partial charge in [0.2, 0.25) is 0 Å². The highest BCUT2D eigenvalue weighted by Gasteiger charge is 1.99. The Hall–Kier alpha value is -1.06. The lowest BCUT2D eigenvalue weighted by molar-refractivity contribution is 0.853. The van der Waals surface area contributed by atoms with Gasteiger partial charge < -0.3 is 0 Å². The minimum atomic E-state index is 0.705. The van der Waals surface area contributed by atoms with Gasteiger partial charge in [-0.15, -0.1) is 0 Å². The zero-order valence-electron chi connectivity index (χ0n) is 7.62. The van der Waals surface area contributed by atoms with Gasteiger partial charge in [-0.2, -0.15) is 0 Å². The van der Waals surface area contributed by atoms with Crippen LogP contribution in [0.4, 0.5) is 0 Å². The molecule has 4 heteroatoms. The predicted octanol–water partition coefficient (Wildman–Crippen LogP) is 3.50. The number of aromatic nitrogens is 2. The first kappa shape index (κ1) is 9.49. The Morgan fingerprint density at radius 1 is 1.36 bits per heavy atom. The molecule has 1 N–H and O–H groups in total. The molecule has 2 nitrogen and oxygen atoms in total. The maximum Gasteiger partial charge on any atom is 0.127 e. The van der Waals surface area contributed by atoms with Gasteiger partial charge in [-0.3, -0.25) is 5.10 Å². The fourth-order valence-electron chi connectivity index (χ4n) is 1.32. The van der Waals surface area contributed by atoms with Crippen molar-refractivity contribution in [2.45, 2.75) is 6.92 Å². The monoisotopic (exact) mass is 224 g/mol. The first-order chi connectivity index (χ1) is 6.66. The smallest absolute Gasteiger partial charge is 0.127 e. The van der Waals surface area contributed by atoms with Crippen LogP contribution in [-0.4, -0.2) is 9.78 Å². The van der Waals surface area contributed by atoms with Crippen LogP contribution in [0.2, 0.25) is 5.02 Å². The van der Waals surface area contributed by atoms with Crippen molar-refractivity contribution in [1.82, 2.24) is 9.78 Å². The van der Waals surface area contributed by atoms with Gasteiger partial charge in [0.05, 0.1) is 5.69 Å². The van der Waals surface area contributed by atoms with E-state index < -0.39 is 0 Å². The summed E-state index contributed by atoms with van der Waals surface area (Å²) >= 11 is 11.1. The first-order valence-corrected chi connectivity index (χ1v) is 5.00. The average molecular weight is 225 g/mol. The number of hydrogen-bond acceptors (Lipinski definition) is 1. The number of nitrogens with zero attached hydrogens (tertiary/aromatic N) is 1. The lowest BCUT2D eigenvalue weighted by Crippen LogP contribution is -1.95. The molecule has 14 heavy (non-hydrogen) atoms. The van der Waals surface area contributed by atoms with Gasteiger partial charge in [-0.25, -0.2) is 4.68 Å². The zero-order valence-corrected chi connectivity index (χ0v) is 9.19. The molecule has 0 saturated carbocycles. The fraction of sp³-hybridized carbons (Fsp3) is 0.100. The summed E-state index contributed by atoms with van der Waals surface area (Å²) in [7, 11) is 0. The fourth-order valence-corrected chi connectivity index (χ4v) is 1.83. The van der Waals surface area contributed by atoms with Gasteiger partial charge in [0.1, 0.15) is 4.64 Å². The van der Waals surface area contributed by atoms with Crippen molar-refractivity contribution >= 4 is 23.8 Å². The Balaban J connectivity index is 2.60. The quantitative estimate of drug-likeness (QED) is 0.736. The van der Waals surface area contributed by atoms with E-state index >= 15 is 0 Å². The van der Waals surface area contributed by atoms with Crippen LogP contribution in [0, 0.1) is 11.6 Å². The van der Waals surface area contributed by atoms with Crippen molar-refractivity contribution in [3.8, 4) is 5.69 Å². The largest absolute Gasteiger partial charge is 0.297 e. The Kier molecular flexibility index (Phi) is 2.44. The Labute approximate surface area is 92.1 Å². The Morgan fingerprint density at radius 2 is 2.14 bits per heavy atom. The molecular weight excluding hydrogens is 216 g/mol. The summed E-state index contributed by atoms with van der Waals surface area (Å²) < 4.78 is 2.58. The first-order valence-electron chi connectivity index (χ1n) is 4.21. The van der Waals surface area contributed by atoms with E-state index in [4.69, 9.17) is 23.8 Å². The van der Waals surface area contributed by atoms with E-state index in [1.165, 1.54) is 0 Å². The number of aryl methyl sites for hydroxylation is 1. The molecule has 0 amide bonds. The summed E-state index contributed by atoms with van der Waals surface area (Å²) in [4.78, 5) is 0. The molecule has 0 bridgehead atoms. The molecule has 0 aliphatic heterocycles. The van der Waals surface area contributed by atoms with Crippen LogP contribution in [-0.2, 0) is 0 Å². The zero-order chi connectivity index (χ0) is 10.1. The molecule has 0 aliphatic rings. The number of benzene rings is 1. The Bertz CT molecular complexity index is 513. The molecule has 1 aromatic carbocycles. The van der Waals surface area contributed by atoms with Crippen LogP contribution in [0.25, 0.3) is 5.69 Å². The van der Waals surface area contributed by atoms with E-state index in [9.17, 15) is 0 Å². The van der Waals surface area contributed by atoms with Gasteiger partial charge >= 0.3 is 0 Å². The maximum atomic E-state index is 5.89. The minimum Gasteiger partial charge on any atom is -0.297 e. The van der Waals surface area contributed by atoms with Crippen molar-refractivity contribution in [3.05, 3.63) is 45.7 Å². The van der Waals surface area contributed by atoms with Crippen molar-refractivity contribution < 1.29 is 0 Å². The number of nitrogens with one attached hydrogen (secondary N) is 1. The van der Waals surface area contributed by atoms with Crippen LogP contribution in [0.5, 0.6) is 0 Å². The number of rotatable bonds is 1. The molecule has 0 spiro atoms. The molecule has 0 aliphatic carbocycles. The topological polar surface area (TPSA) is 20.7 Å². The van der Waals surface area contributed by atoms with Crippen molar-refractivity contribution in [2.24, 2.45) is 0 Å². The summed E-state index contributed by atoms with van der Waals surface area (Å²) in [5.74, 6) is 0. The molecule has 0 unspecified atom stereocenters. The summed E-state index contributed by atoms with van der Waals surface area (Å²) in [6, 6.07) is 9.47. The second-order valence-corrected chi connectivity index (χ2v) is 3.95. The number of H-pyrrole nitrogens is 1. The SMILES string of the molecule is Cc1cc(=S)n(-c2cccc(Cl)c2)[nH]1. The van der Waals surface area contributed by atoms with Crippen LogP contribution < -0.4 is 0 Å². The van der Waals surface area contributed by atoms with Gasteiger partial charge in [0.25, 0.3) is 0 Å². The molecule has 2 rings (SSSR count). The third-order valence-corrected chi connectivity index (χ3v) is 2.45. The van der Waals surface area contributed by atoms with Crippen LogP contribution >= 0.6 is 23.8 Å².